The second kappa shape index (κ2) is 6.53. The van der Waals surface area contributed by atoms with E-state index in [-0.39, 0.29) is 12.5 Å². The third-order valence-corrected chi connectivity index (χ3v) is 4.02. The van der Waals surface area contributed by atoms with Crippen LogP contribution in [0.5, 0.6) is 0 Å². The van der Waals surface area contributed by atoms with E-state index < -0.39 is 34.4 Å². The van der Waals surface area contributed by atoms with Crippen molar-refractivity contribution in [3.63, 3.8) is 0 Å². The summed E-state index contributed by atoms with van der Waals surface area (Å²) in [7, 11) is -4.00. The minimum atomic E-state index is -4.49. The molecule has 1 rings (SSSR count). The van der Waals surface area contributed by atoms with Gasteiger partial charge in [0.05, 0.1) is 31.1 Å². The molecule has 1 heterocycles. The van der Waals surface area contributed by atoms with Crippen molar-refractivity contribution in [2.75, 3.05) is 5.75 Å². The number of hydrogen-bond donors (Lipinski definition) is 1. The number of hydrogen-bond acceptors (Lipinski definition) is 4. The highest BCUT2D eigenvalue weighted by Crippen LogP contribution is 2.20. The Morgan fingerprint density at radius 2 is 1.80 bits per heavy atom. The first-order chi connectivity index (χ1) is 9.09. The molecule has 0 bridgehead atoms. The normalized spacial score (nSPS) is 14.7. The Hall–Kier alpha value is -1.16. The Morgan fingerprint density at radius 1 is 1.25 bits per heavy atom. The molecule has 1 atom stereocenters. The zero-order chi connectivity index (χ0) is 15.4. The van der Waals surface area contributed by atoms with E-state index in [2.05, 4.69) is 14.9 Å². The molecule has 1 N–H and O–H groups in total. The summed E-state index contributed by atoms with van der Waals surface area (Å²) in [5.41, 5.74) is 0. The lowest BCUT2D eigenvalue weighted by Gasteiger charge is -2.21. The van der Waals surface area contributed by atoms with Crippen molar-refractivity contribution < 1.29 is 21.6 Å². The van der Waals surface area contributed by atoms with Crippen molar-refractivity contribution in [3.8, 4) is 0 Å². The molecule has 0 saturated carbocycles. The first-order valence-electron chi connectivity index (χ1n) is 6.00. The third-order valence-electron chi connectivity index (χ3n) is 2.62. The monoisotopic (exact) mass is 314 g/mol. The van der Waals surface area contributed by atoms with Gasteiger partial charge in [0.1, 0.15) is 0 Å². The molecule has 0 aliphatic heterocycles. The van der Waals surface area contributed by atoms with Crippen molar-refractivity contribution in [1.82, 2.24) is 19.7 Å². The van der Waals surface area contributed by atoms with Crippen molar-refractivity contribution in [1.29, 1.82) is 0 Å². The maximum Gasteiger partial charge on any atom is 0.390 e. The smallest absolute Gasteiger partial charge is 0.212 e. The van der Waals surface area contributed by atoms with E-state index in [9.17, 15) is 21.6 Å². The molecule has 0 saturated heterocycles. The maximum atomic E-state index is 12.1. The molecule has 1 aromatic rings. The summed E-state index contributed by atoms with van der Waals surface area (Å²) in [4.78, 5) is 1.29. The van der Waals surface area contributed by atoms with E-state index in [0.29, 0.717) is 0 Å². The van der Waals surface area contributed by atoms with Crippen LogP contribution in [0.4, 0.5) is 13.2 Å². The number of alkyl halides is 3. The van der Waals surface area contributed by atoms with Gasteiger partial charge in [-0.2, -0.15) is 28.2 Å². The van der Waals surface area contributed by atoms with Crippen LogP contribution < -0.4 is 4.72 Å². The molecule has 0 aromatic carbocycles. The molecule has 0 aliphatic carbocycles. The number of halogens is 3. The quantitative estimate of drug-likeness (QED) is 0.820. The standard InChI is InChI=1S/C10H17F3N4O2S/c1-8(2)9(7-17-14-4-5-15-17)16-20(18,19)6-3-10(11,12)13/h4-5,8-9,16H,3,6-7H2,1-2H3. The van der Waals surface area contributed by atoms with Gasteiger partial charge in [-0.05, 0) is 5.92 Å². The van der Waals surface area contributed by atoms with Crippen LogP contribution in [0.25, 0.3) is 0 Å². The summed E-state index contributed by atoms with van der Waals surface area (Å²) >= 11 is 0. The SMILES string of the molecule is CC(C)C(Cn1nccn1)NS(=O)(=O)CCC(F)(F)F. The molecule has 0 radical (unpaired) electrons. The van der Waals surface area contributed by atoms with Gasteiger partial charge in [0.25, 0.3) is 0 Å². The summed E-state index contributed by atoms with van der Waals surface area (Å²) in [6, 6.07) is -0.569. The second-order valence-corrected chi connectivity index (χ2v) is 6.61. The molecule has 1 unspecified atom stereocenters. The van der Waals surface area contributed by atoms with Crippen molar-refractivity contribution >= 4 is 10.0 Å². The molecule has 0 spiro atoms. The highest BCUT2D eigenvalue weighted by atomic mass is 32.2. The fraction of sp³-hybridized carbons (Fsp3) is 0.800. The van der Waals surface area contributed by atoms with Gasteiger partial charge < -0.3 is 0 Å². The minimum Gasteiger partial charge on any atom is -0.212 e. The zero-order valence-corrected chi connectivity index (χ0v) is 11.9. The molecule has 20 heavy (non-hydrogen) atoms. The van der Waals surface area contributed by atoms with Crippen LogP contribution in [0, 0.1) is 5.92 Å². The van der Waals surface area contributed by atoms with Crippen LogP contribution >= 0.6 is 0 Å². The highest BCUT2D eigenvalue weighted by molar-refractivity contribution is 7.89. The summed E-state index contributed by atoms with van der Waals surface area (Å²) in [6.45, 7) is 3.69. The number of nitrogens with zero attached hydrogens (tertiary/aromatic N) is 3. The first-order valence-corrected chi connectivity index (χ1v) is 7.65. The molecule has 0 amide bonds. The van der Waals surface area contributed by atoms with Gasteiger partial charge in [0.15, 0.2) is 0 Å². The van der Waals surface area contributed by atoms with Crippen LogP contribution in [0.15, 0.2) is 12.4 Å². The number of rotatable bonds is 7. The number of nitrogens with one attached hydrogen (secondary N) is 1. The number of aromatic nitrogens is 3. The molecule has 1 aromatic heterocycles. The highest BCUT2D eigenvalue weighted by Gasteiger charge is 2.31. The molecular formula is C10H17F3N4O2S. The van der Waals surface area contributed by atoms with Crippen molar-refractivity contribution in [2.24, 2.45) is 5.92 Å². The van der Waals surface area contributed by atoms with Gasteiger partial charge in [0.2, 0.25) is 10.0 Å². The minimum absolute atomic E-state index is 0.110. The van der Waals surface area contributed by atoms with Crippen molar-refractivity contribution in [2.45, 2.75) is 39.0 Å². The lowest BCUT2D eigenvalue weighted by molar-refractivity contribution is -0.130. The molecule has 116 valence electrons. The van der Waals surface area contributed by atoms with Crippen LogP contribution in [-0.2, 0) is 16.6 Å². The van der Waals surface area contributed by atoms with Gasteiger partial charge in [-0.3, -0.25) is 0 Å². The Morgan fingerprint density at radius 3 is 2.25 bits per heavy atom. The lowest BCUT2D eigenvalue weighted by Crippen LogP contribution is -2.43. The molecule has 6 nitrogen and oxygen atoms in total. The Kier molecular flexibility index (Phi) is 5.51. The van der Waals surface area contributed by atoms with Crippen LogP contribution in [0.3, 0.4) is 0 Å². The topological polar surface area (TPSA) is 76.9 Å². The summed E-state index contributed by atoms with van der Waals surface area (Å²) < 4.78 is 61.8. The fourth-order valence-electron chi connectivity index (χ4n) is 1.44. The third kappa shape index (κ3) is 6.33. The zero-order valence-electron chi connectivity index (χ0n) is 11.1. The largest absolute Gasteiger partial charge is 0.390 e. The predicted octanol–water partition coefficient (Wildman–Crippen LogP) is 1.17. The van der Waals surface area contributed by atoms with E-state index in [0.717, 1.165) is 0 Å². The molecule has 10 heteroatoms. The lowest BCUT2D eigenvalue weighted by atomic mass is 10.1. The average Bonchev–Trinajstić information content (AvgIpc) is 2.77. The van der Waals surface area contributed by atoms with E-state index in [4.69, 9.17) is 0 Å². The average molecular weight is 314 g/mol. The van der Waals surface area contributed by atoms with Gasteiger partial charge >= 0.3 is 6.18 Å². The van der Waals surface area contributed by atoms with Crippen molar-refractivity contribution in [3.05, 3.63) is 12.4 Å². The van der Waals surface area contributed by atoms with Crippen LogP contribution in [0.1, 0.15) is 20.3 Å². The van der Waals surface area contributed by atoms with Gasteiger partial charge in [0, 0.05) is 6.04 Å². The van der Waals surface area contributed by atoms with Gasteiger partial charge in [-0.1, -0.05) is 13.8 Å². The maximum absolute atomic E-state index is 12.1. The van der Waals surface area contributed by atoms with Crippen LogP contribution in [-0.4, -0.2) is 41.4 Å². The second-order valence-electron chi connectivity index (χ2n) is 4.74. The Labute approximate surface area is 115 Å². The van der Waals surface area contributed by atoms with E-state index in [1.165, 1.54) is 17.2 Å². The molecular weight excluding hydrogens is 297 g/mol. The molecule has 0 fully saturated rings. The Balaban J connectivity index is 2.65. The van der Waals surface area contributed by atoms with Gasteiger partial charge in [-0.15, -0.1) is 0 Å². The van der Waals surface area contributed by atoms with Crippen LogP contribution in [0.2, 0.25) is 0 Å². The van der Waals surface area contributed by atoms with E-state index >= 15 is 0 Å². The summed E-state index contributed by atoms with van der Waals surface area (Å²) in [6.07, 6.45) is -2.98. The fourth-order valence-corrected chi connectivity index (χ4v) is 2.86. The summed E-state index contributed by atoms with van der Waals surface area (Å²) in [5, 5.41) is 7.69. The summed E-state index contributed by atoms with van der Waals surface area (Å²) in [5.74, 6) is -1.09. The Bertz CT molecular complexity index is 499. The predicted molar refractivity (Wildman–Crippen MR) is 66.2 cm³/mol. The number of sulfonamides is 1. The van der Waals surface area contributed by atoms with E-state index in [1.807, 2.05) is 0 Å². The first kappa shape index (κ1) is 16.9. The van der Waals surface area contributed by atoms with E-state index in [1.54, 1.807) is 13.8 Å². The van der Waals surface area contributed by atoms with Gasteiger partial charge in [-0.25, -0.2) is 13.1 Å². The molecule has 0 aliphatic rings.